The minimum Gasteiger partial charge on any atom is -0.358 e. The molecule has 19 heavy (non-hydrogen) atoms. The fourth-order valence-corrected chi connectivity index (χ4v) is 1.81. The Morgan fingerprint density at radius 3 is 2.74 bits per heavy atom. The SMILES string of the molecule is NNc1ccc(Cl)c(Cn2cc(Cl)c([N+](=O)[O-])n2)n1. The molecule has 0 spiro atoms. The van der Waals surface area contributed by atoms with E-state index < -0.39 is 10.7 Å². The van der Waals surface area contributed by atoms with Crippen molar-refractivity contribution < 1.29 is 4.92 Å². The van der Waals surface area contributed by atoms with Gasteiger partial charge in [-0.25, -0.2) is 10.8 Å². The molecule has 10 heteroatoms. The summed E-state index contributed by atoms with van der Waals surface area (Å²) in [5.41, 5.74) is 2.85. The summed E-state index contributed by atoms with van der Waals surface area (Å²) in [6, 6.07) is 3.21. The Bertz CT molecular complexity index is 629. The predicted molar refractivity (Wildman–Crippen MR) is 70.1 cm³/mol. The molecule has 2 aromatic rings. The van der Waals surface area contributed by atoms with Crippen LogP contribution < -0.4 is 11.3 Å². The van der Waals surface area contributed by atoms with E-state index in [-0.39, 0.29) is 11.6 Å². The van der Waals surface area contributed by atoms with Gasteiger partial charge in [0.1, 0.15) is 12.4 Å². The molecule has 2 heterocycles. The van der Waals surface area contributed by atoms with Crippen LogP contribution >= 0.6 is 23.2 Å². The van der Waals surface area contributed by atoms with Gasteiger partial charge in [-0.1, -0.05) is 23.2 Å². The standard InChI is InChI=1S/C9H8Cl2N6O2/c10-5-1-2-8(14-12)13-7(5)4-16-3-6(11)9(15-16)17(18)19/h1-3H,4,12H2,(H,13,14). The average molecular weight is 303 g/mol. The van der Waals surface area contributed by atoms with E-state index in [0.717, 1.165) is 0 Å². The van der Waals surface area contributed by atoms with Crippen molar-refractivity contribution in [2.75, 3.05) is 5.43 Å². The molecule has 0 saturated heterocycles. The number of nitrogen functional groups attached to an aromatic ring is 1. The summed E-state index contributed by atoms with van der Waals surface area (Å²) in [5.74, 6) is 5.25. The number of hydrazine groups is 1. The van der Waals surface area contributed by atoms with Gasteiger partial charge in [-0.05, 0) is 17.1 Å². The summed E-state index contributed by atoms with van der Waals surface area (Å²) < 4.78 is 1.29. The van der Waals surface area contributed by atoms with E-state index in [1.807, 2.05) is 0 Å². The van der Waals surface area contributed by atoms with Gasteiger partial charge < -0.3 is 15.5 Å². The Kier molecular flexibility index (Phi) is 3.84. The number of nitrogens with two attached hydrogens (primary N) is 1. The van der Waals surface area contributed by atoms with Crippen LogP contribution in [0.2, 0.25) is 10.0 Å². The van der Waals surface area contributed by atoms with Crippen molar-refractivity contribution >= 4 is 34.8 Å². The molecule has 8 nitrogen and oxygen atoms in total. The number of rotatable bonds is 4. The molecule has 100 valence electrons. The van der Waals surface area contributed by atoms with E-state index in [1.165, 1.54) is 10.9 Å². The fraction of sp³-hybridized carbons (Fsp3) is 0.111. The first-order valence-electron chi connectivity index (χ1n) is 5.00. The van der Waals surface area contributed by atoms with Gasteiger partial charge in [-0.2, -0.15) is 4.68 Å². The highest BCUT2D eigenvalue weighted by molar-refractivity contribution is 6.32. The molecule has 0 amide bonds. The first-order valence-corrected chi connectivity index (χ1v) is 5.76. The van der Waals surface area contributed by atoms with Crippen molar-refractivity contribution in [1.29, 1.82) is 0 Å². The van der Waals surface area contributed by atoms with Gasteiger partial charge in [-0.3, -0.25) is 0 Å². The van der Waals surface area contributed by atoms with Gasteiger partial charge in [0.05, 0.1) is 22.0 Å². The maximum atomic E-state index is 10.6. The van der Waals surface area contributed by atoms with Crippen LogP contribution in [0.5, 0.6) is 0 Å². The van der Waals surface area contributed by atoms with Crippen molar-refractivity contribution in [3.05, 3.63) is 44.2 Å². The van der Waals surface area contributed by atoms with Crippen LogP contribution in [-0.4, -0.2) is 19.7 Å². The molecule has 2 aromatic heterocycles. The minimum atomic E-state index is -0.661. The van der Waals surface area contributed by atoms with Crippen molar-refractivity contribution in [3.8, 4) is 0 Å². The molecule has 0 saturated carbocycles. The highest BCUT2D eigenvalue weighted by Crippen LogP contribution is 2.23. The molecule has 0 aliphatic carbocycles. The first kappa shape index (κ1) is 13.5. The zero-order valence-corrected chi connectivity index (χ0v) is 10.9. The lowest BCUT2D eigenvalue weighted by Crippen LogP contribution is -2.11. The number of aromatic nitrogens is 3. The van der Waals surface area contributed by atoms with Crippen LogP contribution in [0.15, 0.2) is 18.3 Å². The second-order valence-corrected chi connectivity index (χ2v) is 4.34. The molecule has 0 fully saturated rings. The lowest BCUT2D eigenvalue weighted by molar-refractivity contribution is -0.389. The van der Waals surface area contributed by atoms with E-state index >= 15 is 0 Å². The molecule has 0 aliphatic rings. The van der Waals surface area contributed by atoms with Crippen LogP contribution in [0, 0.1) is 10.1 Å². The van der Waals surface area contributed by atoms with Gasteiger partial charge in [0.25, 0.3) is 0 Å². The molecule has 3 N–H and O–H groups in total. The van der Waals surface area contributed by atoms with Crippen LogP contribution in [0.25, 0.3) is 0 Å². The molecular formula is C9H8Cl2N6O2. The zero-order chi connectivity index (χ0) is 14.0. The Morgan fingerprint density at radius 1 is 1.42 bits per heavy atom. The molecule has 0 atom stereocenters. The van der Waals surface area contributed by atoms with E-state index in [0.29, 0.717) is 16.5 Å². The smallest absolute Gasteiger partial charge is 0.358 e. The largest absolute Gasteiger partial charge is 0.408 e. The lowest BCUT2D eigenvalue weighted by atomic mass is 10.3. The molecule has 2 rings (SSSR count). The number of nitro groups is 1. The summed E-state index contributed by atoms with van der Waals surface area (Å²) in [6.45, 7) is 0.141. The summed E-state index contributed by atoms with van der Waals surface area (Å²) in [7, 11) is 0. The number of nitrogens with one attached hydrogen (secondary N) is 1. The highest BCUT2D eigenvalue weighted by Gasteiger charge is 2.19. The second kappa shape index (κ2) is 5.39. The van der Waals surface area contributed by atoms with E-state index in [1.54, 1.807) is 12.1 Å². The molecule has 0 unspecified atom stereocenters. The number of anilines is 1. The maximum absolute atomic E-state index is 10.6. The summed E-state index contributed by atoms with van der Waals surface area (Å²) in [5, 5.41) is 14.7. The number of halogens is 2. The Labute approximate surface area is 117 Å². The molecule has 0 radical (unpaired) electrons. The number of hydrogen-bond donors (Lipinski definition) is 2. The first-order chi connectivity index (χ1) is 9.01. The predicted octanol–water partition coefficient (Wildman–Crippen LogP) is 1.83. The van der Waals surface area contributed by atoms with Gasteiger partial charge >= 0.3 is 5.82 Å². The fourth-order valence-electron chi connectivity index (χ4n) is 1.42. The van der Waals surface area contributed by atoms with Crippen molar-refractivity contribution in [2.45, 2.75) is 6.54 Å². The van der Waals surface area contributed by atoms with Gasteiger partial charge in [0.15, 0.2) is 5.02 Å². The van der Waals surface area contributed by atoms with Crippen LogP contribution in [0.3, 0.4) is 0 Å². The van der Waals surface area contributed by atoms with Crippen molar-refractivity contribution in [2.24, 2.45) is 5.84 Å². The summed E-state index contributed by atoms with van der Waals surface area (Å²) in [6.07, 6.45) is 1.33. The lowest BCUT2D eigenvalue weighted by Gasteiger charge is -2.04. The third-order valence-corrected chi connectivity index (χ3v) is 2.86. The summed E-state index contributed by atoms with van der Waals surface area (Å²) >= 11 is 11.7. The number of nitrogens with zero attached hydrogens (tertiary/aromatic N) is 4. The molecule has 0 bridgehead atoms. The maximum Gasteiger partial charge on any atom is 0.408 e. The van der Waals surface area contributed by atoms with Crippen LogP contribution in [0.4, 0.5) is 11.6 Å². The molecule has 0 aromatic carbocycles. The Hall–Kier alpha value is -1.90. The zero-order valence-electron chi connectivity index (χ0n) is 9.38. The van der Waals surface area contributed by atoms with Crippen molar-refractivity contribution in [3.63, 3.8) is 0 Å². The quantitative estimate of drug-likeness (QED) is 0.506. The second-order valence-electron chi connectivity index (χ2n) is 3.52. The Morgan fingerprint density at radius 2 is 2.16 bits per heavy atom. The minimum absolute atomic E-state index is 0.0470. The van der Waals surface area contributed by atoms with Crippen molar-refractivity contribution in [1.82, 2.24) is 14.8 Å². The van der Waals surface area contributed by atoms with E-state index in [9.17, 15) is 10.1 Å². The van der Waals surface area contributed by atoms with Crippen LogP contribution in [-0.2, 0) is 6.54 Å². The Balaban J connectivity index is 2.30. The van der Waals surface area contributed by atoms with Gasteiger partial charge in [0.2, 0.25) is 0 Å². The monoisotopic (exact) mass is 302 g/mol. The highest BCUT2D eigenvalue weighted by atomic mass is 35.5. The molecular weight excluding hydrogens is 295 g/mol. The molecule has 0 aliphatic heterocycles. The van der Waals surface area contributed by atoms with E-state index in [2.05, 4.69) is 15.5 Å². The normalized spacial score (nSPS) is 10.5. The average Bonchev–Trinajstić information content (AvgIpc) is 2.73. The number of pyridine rings is 1. The number of hydrogen-bond acceptors (Lipinski definition) is 6. The third-order valence-electron chi connectivity index (χ3n) is 2.25. The van der Waals surface area contributed by atoms with E-state index in [4.69, 9.17) is 29.0 Å². The van der Waals surface area contributed by atoms with Gasteiger partial charge in [0, 0.05) is 0 Å². The third kappa shape index (κ3) is 2.92. The van der Waals surface area contributed by atoms with Crippen LogP contribution in [0.1, 0.15) is 5.69 Å². The topological polar surface area (TPSA) is 112 Å². The summed E-state index contributed by atoms with van der Waals surface area (Å²) in [4.78, 5) is 14.1. The van der Waals surface area contributed by atoms with Gasteiger partial charge in [-0.15, -0.1) is 0 Å².